The first-order valence-electron chi connectivity index (χ1n) is 5.46. The molecule has 1 heterocycles. The zero-order valence-electron chi connectivity index (χ0n) is 10.4. The molecule has 0 saturated carbocycles. The third-order valence-electron chi connectivity index (χ3n) is 2.98. The number of nitrogens with two attached hydrogens (primary N) is 1. The number of nitrogens with zero attached hydrogens (tertiary/aromatic N) is 3. The van der Waals surface area contributed by atoms with Gasteiger partial charge in [0.25, 0.3) is 10.1 Å². The number of anilines is 1. The highest BCUT2D eigenvalue weighted by molar-refractivity contribution is 7.86. The topological polar surface area (TPSA) is 146 Å². The minimum absolute atomic E-state index is 0.00747. The third kappa shape index (κ3) is 2.56. The van der Waals surface area contributed by atoms with Gasteiger partial charge in [-0.2, -0.15) is 8.42 Å². The number of carbonyl (C=O) groups is 1. The number of rotatable bonds is 2. The first-order valence-corrected chi connectivity index (χ1v) is 6.96. The fourth-order valence-corrected chi connectivity index (χ4v) is 2.97. The van der Waals surface area contributed by atoms with Crippen molar-refractivity contribution in [2.24, 2.45) is 16.0 Å². The van der Waals surface area contributed by atoms with Crippen molar-refractivity contribution in [2.45, 2.75) is 11.8 Å². The number of primary amides is 1. The molecule has 0 fully saturated rings. The van der Waals surface area contributed by atoms with Gasteiger partial charge in [-0.3, -0.25) is 4.55 Å². The van der Waals surface area contributed by atoms with E-state index in [1.807, 2.05) is 0 Å². The maximum atomic E-state index is 11.2. The number of carbonyl (C=O) groups excluding carboxylic acids is 1. The summed E-state index contributed by atoms with van der Waals surface area (Å²) in [6.07, 6.45) is 0.0318. The van der Waals surface area contributed by atoms with E-state index in [1.54, 1.807) is 0 Å². The van der Waals surface area contributed by atoms with E-state index in [9.17, 15) is 18.3 Å². The van der Waals surface area contributed by atoms with Gasteiger partial charge in [-0.15, -0.1) is 5.11 Å². The van der Waals surface area contributed by atoms with Crippen LogP contribution in [-0.4, -0.2) is 36.5 Å². The molecule has 1 aromatic rings. The SMILES string of the molecule is CN1c2cc(O)c(N=NC(N)=O)cc2C[C@H]1S(=O)(=O)O. The van der Waals surface area contributed by atoms with Crippen LogP contribution in [0.5, 0.6) is 5.75 Å². The van der Waals surface area contributed by atoms with Gasteiger partial charge in [-0.1, -0.05) is 5.11 Å². The molecule has 108 valence electrons. The van der Waals surface area contributed by atoms with Gasteiger partial charge in [-0.25, -0.2) is 4.79 Å². The van der Waals surface area contributed by atoms with Crippen LogP contribution >= 0.6 is 0 Å². The van der Waals surface area contributed by atoms with Crippen LogP contribution in [0.4, 0.5) is 16.2 Å². The number of azo groups is 1. The van der Waals surface area contributed by atoms with E-state index >= 15 is 0 Å². The summed E-state index contributed by atoms with van der Waals surface area (Å²) < 4.78 is 31.6. The van der Waals surface area contributed by atoms with Gasteiger partial charge in [0.2, 0.25) is 0 Å². The summed E-state index contributed by atoms with van der Waals surface area (Å²) in [5.41, 5.74) is 5.79. The zero-order chi connectivity index (χ0) is 15.1. The first kappa shape index (κ1) is 14.2. The highest BCUT2D eigenvalue weighted by Crippen LogP contribution is 2.40. The fourth-order valence-electron chi connectivity index (χ4n) is 2.07. The van der Waals surface area contributed by atoms with Gasteiger partial charge >= 0.3 is 6.03 Å². The summed E-state index contributed by atoms with van der Waals surface area (Å²) in [6.45, 7) is 0. The molecule has 4 N–H and O–H groups in total. The molecule has 20 heavy (non-hydrogen) atoms. The average molecular weight is 300 g/mol. The van der Waals surface area contributed by atoms with E-state index in [2.05, 4.69) is 10.2 Å². The Morgan fingerprint density at radius 2 is 2.15 bits per heavy atom. The van der Waals surface area contributed by atoms with E-state index < -0.39 is 21.5 Å². The molecule has 0 aliphatic carbocycles. The summed E-state index contributed by atoms with van der Waals surface area (Å²) in [6, 6.07) is 1.66. The number of hydrogen-bond donors (Lipinski definition) is 3. The molecular formula is C10H12N4O5S. The molecule has 0 spiro atoms. The molecule has 0 unspecified atom stereocenters. The van der Waals surface area contributed by atoms with Crippen LogP contribution in [-0.2, 0) is 16.5 Å². The van der Waals surface area contributed by atoms with E-state index in [-0.39, 0.29) is 17.9 Å². The van der Waals surface area contributed by atoms with Crippen LogP contribution in [0.15, 0.2) is 22.4 Å². The molecule has 2 amide bonds. The number of benzene rings is 1. The summed E-state index contributed by atoms with van der Waals surface area (Å²) in [5, 5.41) is 15.2. The van der Waals surface area contributed by atoms with Crippen molar-refractivity contribution in [3.63, 3.8) is 0 Å². The van der Waals surface area contributed by atoms with Crippen molar-refractivity contribution in [3.05, 3.63) is 17.7 Å². The number of phenols is 1. The first-order chi connectivity index (χ1) is 9.20. The second-order valence-corrected chi connectivity index (χ2v) is 5.87. The highest BCUT2D eigenvalue weighted by Gasteiger charge is 2.36. The quantitative estimate of drug-likeness (QED) is 0.543. The Labute approximate surface area is 114 Å². The van der Waals surface area contributed by atoms with Gasteiger partial charge < -0.3 is 15.7 Å². The standard InChI is InChI=1S/C10H12N4O5S/c1-14-7-4-8(15)6(12-13-10(11)16)2-5(7)3-9(14)20(17,18)19/h2,4,9,15H,3H2,1H3,(H2,11,16)(H,17,18,19)/t9-/m1/s1. The molecule has 1 aliphatic rings. The minimum atomic E-state index is -4.25. The Hall–Kier alpha value is -2.20. The molecule has 1 atom stereocenters. The average Bonchev–Trinajstić information content (AvgIpc) is 2.63. The molecule has 0 saturated heterocycles. The van der Waals surface area contributed by atoms with Crippen molar-refractivity contribution >= 4 is 27.5 Å². The maximum absolute atomic E-state index is 11.2. The molecule has 10 heteroatoms. The van der Waals surface area contributed by atoms with Crippen molar-refractivity contribution in [1.29, 1.82) is 0 Å². The normalized spacial score (nSPS) is 18.5. The van der Waals surface area contributed by atoms with E-state index in [4.69, 9.17) is 10.3 Å². The predicted molar refractivity (Wildman–Crippen MR) is 69.6 cm³/mol. The van der Waals surface area contributed by atoms with Crippen molar-refractivity contribution in [2.75, 3.05) is 11.9 Å². The Morgan fingerprint density at radius 1 is 1.50 bits per heavy atom. The van der Waals surface area contributed by atoms with Crippen LogP contribution < -0.4 is 10.6 Å². The largest absolute Gasteiger partial charge is 0.506 e. The lowest BCUT2D eigenvalue weighted by atomic mass is 10.1. The van der Waals surface area contributed by atoms with Crippen molar-refractivity contribution in [1.82, 2.24) is 0 Å². The zero-order valence-corrected chi connectivity index (χ0v) is 11.2. The molecular weight excluding hydrogens is 288 g/mol. The minimum Gasteiger partial charge on any atom is -0.506 e. The van der Waals surface area contributed by atoms with Crippen LogP contribution in [0.25, 0.3) is 0 Å². The van der Waals surface area contributed by atoms with Gasteiger partial charge in [0.05, 0.1) is 0 Å². The second kappa shape index (κ2) is 4.72. The number of amides is 2. The van der Waals surface area contributed by atoms with Crippen molar-refractivity contribution < 1.29 is 22.9 Å². The van der Waals surface area contributed by atoms with Crippen molar-refractivity contribution in [3.8, 4) is 5.75 Å². The smallest absolute Gasteiger partial charge is 0.356 e. The summed E-state index contributed by atoms with van der Waals surface area (Å²) in [7, 11) is -2.77. The Kier molecular flexibility index (Phi) is 3.36. The number of likely N-dealkylation sites (N-methyl/N-ethyl adjacent to an activating group) is 1. The Morgan fingerprint density at radius 3 is 2.70 bits per heavy atom. The second-order valence-electron chi connectivity index (χ2n) is 4.29. The summed E-state index contributed by atoms with van der Waals surface area (Å²) in [5.74, 6) is -0.281. The lowest BCUT2D eigenvalue weighted by Crippen LogP contribution is -2.35. The fraction of sp³-hybridized carbons (Fsp3) is 0.300. The molecule has 0 bridgehead atoms. The molecule has 1 aliphatic heterocycles. The molecule has 9 nitrogen and oxygen atoms in total. The molecule has 0 aromatic heterocycles. The maximum Gasteiger partial charge on any atom is 0.356 e. The third-order valence-corrected chi connectivity index (χ3v) is 4.15. The van der Waals surface area contributed by atoms with E-state index in [0.717, 1.165) is 0 Å². The highest BCUT2D eigenvalue weighted by atomic mass is 32.2. The number of phenolic OH excluding ortho intramolecular Hbond substituents is 1. The van der Waals surface area contributed by atoms with E-state index in [1.165, 1.54) is 24.1 Å². The lowest BCUT2D eigenvalue weighted by molar-refractivity contribution is 0.255. The van der Waals surface area contributed by atoms with Gasteiger partial charge in [0.15, 0.2) is 5.37 Å². The molecule has 1 aromatic carbocycles. The van der Waals surface area contributed by atoms with Crippen LogP contribution in [0.3, 0.4) is 0 Å². The molecule has 2 rings (SSSR count). The van der Waals surface area contributed by atoms with Gasteiger partial charge in [0, 0.05) is 25.2 Å². The number of fused-ring (bicyclic) bond motifs is 1. The number of hydrogen-bond acceptors (Lipinski definition) is 6. The van der Waals surface area contributed by atoms with E-state index in [0.29, 0.717) is 11.3 Å². The number of aromatic hydroxyl groups is 1. The molecule has 0 radical (unpaired) electrons. The Balaban J connectivity index is 2.44. The van der Waals surface area contributed by atoms with Gasteiger partial charge in [0.1, 0.15) is 11.4 Å². The summed E-state index contributed by atoms with van der Waals surface area (Å²) in [4.78, 5) is 11.8. The van der Waals surface area contributed by atoms with Crippen LogP contribution in [0.2, 0.25) is 0 Å². The lowest BCUT2D eigenvalue weighted by Gasteiger charge is -2.19. The van der Waals surface area contributed by atoms with Crippen LogP contribution in [0, 0.1) is 0 Å². The summed E-state index contributed by atoms with van der Waals surface area (Å²) >= 11 is 0. The number of urea groups is 1. The Bertz CT molecular complexity index is 700. The monoisotopic (exact) mass is 300 g/mol. The van der Waals surface area contributed by atoms with Crippen LogP contribution in [0.1, 0.15) is 5.56 Å². The predicted octanol–water partition coefficient (Wildman–Crippen LogP) is 0.761. The van der Waals surface area contributed by atoms with Gasteiger partial charge in [-0.05, 0) is 11.6 Å².